The molecule has 1 aliphatic heterocycles. The number of amides is 2. The number of aryl methyl sites for hydroxylation is 1. The topological polar surface area (TPSA) is 107 Å². The van der Waals surface area contributed by atoms with E-state index in [4.69, 9.17) is 4.74 Å². The largest absolute Gasteiger partial charge is 0.452 e. The average molecular weight is 408 g/mol. The monoisotopic (exact) mass is 407 g/mol. The molecule has 3 rings (SSSR count). The van der Waals surface area contributed by atoms with Crippen molar-refractivity contribution in [3.05, 3.63) is 39.4 Å². The molecule has 1 N–H and O–H groups in total. The molecular weight excluding hydrogens is 394 g/mol. The first kappa shape index (κ1) is 17.3. The summed E-state index contributed by atoms with van der Waals surface area (Å²) in [5.41, 5.74) is 0.302. The number of aromatic nitrogens is 2. The number of hydrogen-bond donors (Lipinski definition) is 1. The molecule has 2 aromatic rings. The Morgan fingerprint density at radius 3 is 2.92 bits per heavy atom. The summed E-state index contributed by atoms with van der Waals surface area (Å²) in [7, 11) is 0. The number of carbonyl (C=O) groups is 3. The molecule has 0 bridgehead atoms. The van der Waals surface area contributed by atoms with Crippen molar-refractivity contribution >= 4 is 44.6 Å². The van der Waals surface area contributed by atoms with Gasteiger partial charge in [0.15, 0.2) is 6.10 Å². The van der Waals surface area contributed by atoms with Crippen LogP contribution in [0, 0.1) is 0 Å². The van der Waals surface area contributed by atoms with Crippen molar-refractivity contribution in [2.24, 2.45) is 0 Å². The number of rotatable bonds is 4. The first-order valence-corrected chi connectivity index (χ1v) is 8.41. The quantitative estimate of drug-likeness (QED) is 0.595. The number of esters is 1. The summed E-state index contributed by atoms with van der Waals surface area (Å²) in [5.74, 6) is -1.60. The lowest BCUT2D eigenvalue weighted by atomic mass is 10.1. The Morgan fingerprint density at radius 1 is 1.36 bits per heavy atom. The van der Waals surface area contributed by atoms with Gasteiger partial charge in [-0.05, 0) is 18.2 Å². The number of nitrogens with one attached hydrogen (secondary N) is 1. The summed E-state index contributed by atoms with van der Waals surface area (Å²) in [6.45, 7) is 0.0837. The van der Waals surface area contributed by atoms with Crippen molar-refractivity contribution in [2.75, 3.05) is 0 Å². The van der Waals surface area contributed by atoms with Crippen LogP contribution < -0.4 is 10.9 Å². The normalized spacial score (nSPS) is 17.4. The molecule has 1 aromatic heterocycles. The fraction of sp³-hybridized carbons (Fsp3) is 0.312. The number of piperidine rings is 1. The lowest BCUT2D eigenvalue weighted by Crippen LogP contribution is -2.45. The molecule has 2 amide bonds. The standard InChI is InChI=1S/C16H14BrN3O5/c17-9-1-2-11-10(7-9)16(24)20(8-18-11)6-5-14(22)25-12-3-4-13(21)19-15(12)23/h1-2,7-8,12H,3-6H2,(H,19,21,23). The highest BCUT2D eigenvalue weighted by Crippen LogP contribution is 2.15. The molecule has 1 unspecified atom stereocenters. The molecule has 1 aromatic carbocycles. The molecule has 130 valence electrons. The fourth-order valence-corrected chi connectivity index (χ4v) is 2.87. The third kappa shape index (κ3) is 3.93. The molecule has 1 saturated heterocycles. The van der Waals surface area contributed by atoms with E-state index in [1.54, 1.807) is 18.2 Å². The van der Waals surface area contributed by atoms with Crippen LogP contribution >= 0.6 is 15.9 Å². The van der Waals surface area contributed by atoms with Crippen molar-refractivity contribution in [3.8, 4) is 0 Å². The molecule has 0 aliphatic carbocycles. The van der Waals surface area contributed by atoms with Crippen LogP contribution in [0.3, 0.4) is 0 Å². The van der Waals surface area contributed by atoms with E-state index in [0.717, 1.165) is 4.47 Å². The van der Waals surface area contributed by atoms with Crippen molar-refractivity contribution in [1.29, 1.82) is 0 Å². The van der Waals surface area contributed by atoms with E-state index in [1.165, 1.54) is 10.9 Å². The first-order chi connectivity index (χ1) is 11.9. The Morgan fingerprint density at radius 2 is 2.16 bits per heavy atom. The van der Waals surface area contributed by atoms with Gasteiger partial charge in [-0.25, -0.2) is 4.98 Å². The lowest BCUT2D eigenvalue weighted by Gasteiger charge is -2.20. The van der Waals surface area contributed by atoms with E-state index in [9.17, 15) is 19.2 Å². The van der Waals surface area contributed by atoms with Crippen LogP contribution in [0.4, 0.5) is 0 Å². The summed E-state index contributed by atoms with van der Waals surface area (Å²) in [4.78, 5) is 51.1. The van der Waals surface area contributed by atoms with E-state index >= 15 is 0 Å². The van der Waals surface area contributed by atoms with E-state index in [2.05, 4.69) is 26.2 Å². The van der Waals surface area contributed by atoms with Gasteiger partial charge in [0.25, 0.3) is 11.5 Å². The summed E-state index contributed by atoms with van der Waals surface area (Å²) >= 11 is 3.31. The van der Waals surface area contributed by atoms with Gasteiger partial charge in [0.05, 0.1) is 23.7 Å². The van der Waals surface area contributed by atoms with Crippen LogP contribution in [0.1, 0.15) is 19.3 Å². The molecule has 8 nitrogen and oxygen atoms in total. The highest BCUT2D eigenvalue weighted by Gasteiger charge is 2.29. The van der Waals surface area contributed by atoms with Crippen LogP contribution in [-0.2, 0) is 25.7 Å². The van der Waals surface area contributed by atoms with E-state index < -0.39 is 18.0 Å². The zero-order chi connectivity index (χ0) is 18.0. The molecule has 0 radical (unpaired) electrons. The zero-order valence-corrected chi connectivity index (χ0v) is 14.6. The van der Waals surface area contributed by atoms with Gasteiger partial charge in [-0.3, -0.25) is 29.1 Å². The van der Waals surface area contributed by atoms with E-state index in [1.807, 2.05) is 0 Å². The zero-order valence-electron chi connectivity index (χ0n) is 13.0. The predicted molar refractivity (Wildman–Crippen MR) is 90.6 cm³/mol. The number of ether oxygens (including phenoxy) is 1. The Bertz CT molecular complexity index is 924. The maximum atomic E-state index is 12.4. The molecular formula is C16H14BrN3O5. The third-order valence-electron chi connectivity index (χ3n) is 3.81. The number of benzene rings is 1. The summed E-state index contributed by atoms with van der Waals surface area (Å²) in [6.07, 6.45) is 0.623. The highest BCUT2D eigenvalue weighted by molar-refractivity contribution is 9.10. The predicted octanol–water partition coefficient (Wildman–Crippen LogP) is 0.897. The molecule has 0 spiro atoms. The second-order valence-corrected chi connectivity index (χ2v) is 6.50. The van der Waals surface area contributed by atoms with Crippen LogP contribution in [0.5, 0.6) is 0 Å². The minimum absolute atomic E-state index is 0.0837. The summed E-state index contributed by atoms with van der Waals surface area (Å²) in [6, 6.07) is 5.18. The molecule has 0 saturated carbocycles. The van der Waals surface area contributed by atoms with E-state index in [-0.39, 0.29) is 37.3 Å². The van der Waals surface area contributed by atoms with Gasteiger partial charge in [-0.15, -0.1) is 0 Å². The summed E-state index contributed by atoms with van der Waals surface area (Å²) < 4.78 is 7.15. The number of fused-ring (bicyclic) bond motifs is 1. The minimum Gasteiger partial charge on any atom is -0.452 e. The molecule has 1 atom stereocenters. The second-order valence-electron chi connectivity index (χ2n) is 5.58. The maximum Gasteiger partial charge on any atom is 0.308 e. The van der Waals surface area contributed by atoms with Crippen LogP contribution in [0.2, 0.25) is 0 Å². The van der Waals surface area contributed by atoms with Gasteiger partial charge >= 0.3 is 5.97 Å². The summed E-state index contributed by atoms with van der Waals surface area (Å²) in [5, 5.41) is 2.56. The SMILES string of the molecule is O=C1CCC(OC(=O)CCn2cnc3ccc(Br)cc3c2=O)C(=O)N1. The fourth-order valence-electron chi connectivity index (χ4n) is 2.51. The van der Waals surface area contributed by atoms with Crippen molar-refractivity contribution in [3.63, 3.8) is 0 Å². The van der Waals surface area contributed by atoms with Gasteiger partial charge in [0.1, 0.15) is 0 Å². The van der Waals surface area contributed by atoms with Crippen LogP contribution in [0.15, 0.2) is 33.8 Å². The molecule has 9 heteroatoms. The van der Waals surface area contributed by atoms with Crippen molar-refractivity contribution < 1.29 is 19.1 Å². The minimum atomic E-state index is -0.965. The van der Waals surface area contributed by atoms with Gasteiger partial charge in [-0.2, -0.15) is 0 Å². The van der Waals surface area contributed by atoms with Crippen LogP contribution in [-0.4, -0.2) is 33.4 Å². The number of carbonyl (C=O) groups excluding carboxylic acids is 3. The van der Waals surface area contributed by atoms with Gasteiger partial charge in [-0.1, -0.05) is 15.9 Å². The van der Waals surface area contributed by atoms with E-state index in [0.29, 0.717) is 10.9 Å². The average Bonchev–Trinajstić information content (AvgIpc) is 2.57. The Labute approximate surface area is 150 Å². The molecule has 2 heterocycles. The highest BCUT2D eigenvalue weighted by atomic mass is 79.9. The van der Waals surface area contributed by atoms with Gasteiger partial charge in [0.2, 0.25) is 5.91 Å². The maximum absolute atomic E-state index is 12.4. The number of hydrogen-bond acceptors (Lipinski definition) is 6. The van der Waals surface area contributed by atoms with Crippen molar-refractivity contribution in [2.45, 2.75) is 31.9 Å². The molecule has 1 fully saturated rings. The van der Waals surface area contributed by atoms with Gasteiger partial charge < -0.3 is 4.74 Å². The first-order valence-electron chi connectivity index (χ1n) is 7.62. The third-order valence-corrected chi connectivity index (χ3v) is 4.30. The van der Waals surface area contributed by atoms with Crippen LogP contribution in [0.25, 0.3) is 10.9 Å². The van der Waals surface area contributed by atoms with Crippen molar-refractivity contribution in [1.82, 2.24) is 14.9 Å². The van der Waals surface area contributed by atoms with Gasteiger partial charge in [0, 0.05) is 23.9 Å². The Kier molecular flexibility index (Phi) is 4.93. The smallest absolute Gasteiger partial charge is 0.308 e. The molecule has 25 heavy (non-hydrogen) atoms. The number of nitrogens with zero attached hydrogens (tertiary/aromatic N) is 2. The number of halogens is 1. The number of imide groups is 1. The molecule has 1 aliphatic rings. The lowest BCUT2D eigenvalue weighted by molar-refractivity contribution is -0.160. The Balaban J connectivity index is 1.65. The Hall–Kier alpha value is -2.55. The second kappa shape index (κ2) is 7.14.